The largest absolute Gasteiger partial charge is 0.294 e. The molecule has 0 aromatic heterocycles. The summed E-state index contributed by atoms with van der Waals surface area (Å²) in [4.78, 5) is 4.55. The van der Waals surface area contributed by atoms with E-state index in [0.29, 0.717) is 0 Å². The lowest BCUT2D eigenvalue weighted by Gasteiger charge is -2.01. The van der Waals surface area contributed by atoms with Crippen molar-refractivity contribution in [1.82, 2.24) is 0 Å². The molecule has 82 valence electrons. The predicted molar refractivity (Wildman–Crippen MR) is 67.6 cm³/mol. The van der Waals surface area contributed by atoms with E-state index in [0.717, 1.165) is 19.4 Å². The molecular formula is C14H21N. The molecule has 1 rings (SSSR count). The van der Waals surface area contributed by atoms with Crippen molar-refractivity contribution in [1.29, 1.82) is 0 Å². The van der Waals surface area contributed by atoms with Gasteiger partial charge in [0, 0.05) is 12.3 Å². The van der Waals surface area contributed by atoms with E-state index in [1.54, 1.807) is 0 Å². The minimum atomic E-state index is 0.997. The van der Waals surface area contributed by atoms with Crippen LogP contribution in [0, 0.1) is 0 Å². The zero-order chi connectivity index (χ0) is 10.9. The van der Waals surface area contributed by atoms with E-state index < -0.39 is 0 Å². The van der Waals surface area contributed by atoms with Crippen molar-refractivity contribution >= 4 is 5.71 Å². The Bertz CT molecular complexity index is 287. The highest BCUT2D eigenvalue weighted by Gasteiger charge is 1.94. The van der Waals surface area contributed by atoms with Crippen LogP contribution in [0.25, 0.3) is 0 Å². The molecule has 0 bridgehead atoms. The van der Waals surface area contributed by atoms with Crippen LogP contribution in [0.2, 0.25) is 0 Å². The third kappa shape index (κ3) is 5.36. The molecule has 0 fully saturated rings. The van der Waals surface area contributed by atoms with Gasteiger partial charge in [-0.15, -0.1) is 0 Å². The Kier molecular flexibility index (Phi) is 5.76. The molecule has 0 N–H and O–H groups in total. The minimum Gasteiger partial charge on any atom is -0.294 e. The Labute approximate surface area is 93.2 Å². The second-order valence-corrected chi connectivity index (χ2v) is 3.96. The smallest absolute Gasteiger partial charge is 0.0388 e. The first-order valence-electron chi connectivity index (χ1n) is 5.86. The van der Waals surface area contributed by atoms with E-state index in [1.807, 2.05) is 0 Å². The molecule has 0 aliphatic heterocycles. The zero-order valence-corrected chi connectivity index (χ0v) is 9.87. The first-order chi connectivity index (χ1) is 7.33. The van der Waals surface area contributed by atoms with Gasteiger partial charge in [-0.25, -0.2) is 0 Å². The summed E-state index contributed by atoms with van der Waals surface area (Å²) in [6, 6.07) is 10.6. The fourth-order valence-corrected chi connectivity index (χ4v) is 1.48. The molecule has 1 nitrogen and oxygen atoms in total. The average Bonchev–Trinajstić information content (AvgIpc) is 2.28. The molecular weight excluding hydrogens is 182 g/mol. The molecule has 0 saturated carbocycles. The third-order valence-electron chi connectivity index (χ3n) is 2.51. The van der Waals surface area contributed by atoms with Crippen LogP contribution in [0.4, 0.5) is 0 Å². The van der Waals surface area contributed by atoms with Gasteiger partial charge in [-0.3, -0.25) is 4.99 Å². The van der Waals surface area contributed by atoms with Crippen molar-refractivity contribution in [3.05, 3.63) is 35.9 Å². The Morgan fingerprint density at radius 2 is 1.93 bits per heavy atom. The molecule has 0 heterocycles. The van der Waals surface area contributed by atoms with Crippen molar-refractivity contribution in [2.45, 2.75) is 39.5 Å². The van der Waals surface area contributed by atoms with E-state index in [-0.39, 0.29) is 0 Å². The SMILES string of the molecule is CCCCN=C(C)CCc1ccccc1. The number of benzene rings is 1. The Morgan fingerprint density at radius 3 is 2.60 bits per heavy atom. The molecule has 0 saturated heterocycles. The third-order valence-corrected chi connectivity index (χ3v) is 2.51. The van der Waals surface area contributed by atoms with Gasteiger partial charge in [-0.05, 0) is 31.7 Å². The summed E-state index contributed by atoms with van der Waals surface area (Å²) < 4.78 is 0. The van der Waals surface area contributed by atoms with Crippen LogP contribution in [0.1, 0.15) is 38.7 Å². The van der Waals surface area contributed by atoms with Gasteiger partial charge in [-0.2, -0.15) is 0 Å². The van der Waals surface area contributed by atoms with Crippen LogP contribution in [0.3, 0.4) is 0 Å². The quantitative estimate of drug-likeness (QED) is 0.491. The standard InChI is InChI=1S/C14H21N/c1-3-4-12-15-13(2)10-11-14-8-6-5-7-9-14/h5-9H,3-4,10-12H2,1-2H3. The Balaban J connectivity index is 2.28. The number of unbranched alkanes of at least 4 members (excludes halogenated alkanes) is 1. The molecule has 0 amide bonds. The number of aliphatic imine (C=N–C) groups is 1. The maximum absolute atomic E-state index is 4.55. The number of rotatable bonds is 6. The number of nitrogens with zero attached hydrogens (tertiary/aromatic N) is 1. The topological polar surface area (TPSA) is 12.4 Å². The number of hydrogen-bond donors (Lipinski definition) is 0. The summed E-state index contributed by atoms with van der Waals surface area (Å²) in [6.45, 7) is 5.34. The first-order valence-corrected chi connectivity index (χ1v) is 5.86. The van der Waals surface area contributed by atoms with Crippen LogP contribution >= 0.6 is 0 Å². The van der Waals surface area contributed by atoms with E-state index in [2.05, 4.69) is 49.2 Å². The molecule has 1 aromatic rings. The van der Waals surface area contributed by atoms with Gasteiger partial charge >= 0.3 is 0 Å². The van der Waals surface area contributed by atoms with Crippen molar-refractivity contribution in [2.24, 2.45) is 4.99 Å². The molecule has 0 aliphatic rings. The van der Waals surface area contributed by atoms with Crippen LogP contribution in [-0.4, -0.2) is 12.3 Å². The Hall–Kier alpha value is -1.11. The van der Waals surface area contributed by atoms with Gasteiger partial charge in [0.15, 0.2) is 0 Å². The highest BCUT2D eigenvalue weighted by Crippen LogP contribution is 2.03. The van der Waals surface area contributed by atoms with Crippen molar-refractivity contribution in [3.63, 3.8) is 0 Å². The lowest BCUT2D eigenvalue weighted by atomic mass is 10.1. The van der Waals surface area contributed by atoms with Gasteiger partial charge in [0.1, 0.15) is 0 Å². The fraction of sp³-hybridized carbons (Fsp3) is 0.500. The van der Waals surface area contributed by atoms with Crippen LogP contribution in [0.5, 0.6) is 0 Å². The zero-order valence-electron chi connectivity index (χ0n) is 9.87. The van der Waals surface area contributed by atoms with Gasteiger partial charge in [-0.1, -0.05) is 43.7 Å². The number of hydrogen-bond acceptors (Lipinski definition) is 1. The van der Waals surface area contributed by atoms with Crippen molar-refractivity contribution in [3.8, 4) is 0 Å². The highest BCUT2D eigenvalue weighted by molar-refractivity contribution is 5.82. The van der Waals surface area contributed by atoms with Crippen molar-refractivity contribution < 1.29 is 0 Å². The lowest BCUT2D eigenvalue weighted by molar-refractivity contribution is 0.803. The maximum Gasteiger partial charge on any atom is 0.0388 e. The summed E-state index contributed by atoms with van der Waals surface area (Å²) in [6.07, 6.45) is 4.65. The molecule has 1 heteroatoms. The van der Waals surface area contributed by atoms with E-state index in [1.165, 1.54) is 24.1 Å². The maximum atomic E-state index is 4.55. The minimum absolute atomic E-state index is 0.997. The van der Waals surface area contributed by atoms with Gasteiger partial charge in [0.2, 0.25) is 0 Å². The summed E-state index contributed by atoms with van der Waals surface area (Å²) in [5, 5.41) is 0. The lowest BCUT2D eigenvalue weighted by Crippen LogP contribution is -1.96. The second kappa shape index (κ2) is 7.22. The molecule has 0 unspecified atom stereocenters. The van der Waals surface area contributed by atoms with Crippen LogP contribution in [-0.2, 0) is 6.42 Å². The van der Waals surface area contributed by atoms with Crippen LogP contribution < -0.4 is 0 Å². The van der Waals surface area contributed by atoms with E-state index >= 15 is 0 Å². The number of aryl methyl sites for hydroxylation is 1. The second-order valence-electron chi connectivity index (χ2n) is 3.96. The van der Waals surface area contributed by atoms with Gasteiger partial charge < -0.3 is 0 Å². The summed E-state index contributed by atoms with van der Waals surface area (Å²) in [5.41, 5.74) is 2.69. The van der Waals surface area contributed by atoms with Crippen LogP contribution in [0.15, 0.2) is 35.3 Å². The first kappa shape index (κ1) is 12.0. The monoisotopic (exact) mass is 203 g/mol. The van der Waals surface area contributed by atoms with Gasteiger partial charge in [0.25, 0.3) is 0 Å². The molecule has 15 heavy (non-hydrogen) atoms. The molecule has 0 radical (unpaired) electrons. The predicted octanol–water partition coefficient (Wildman–Crippen LogP) is 3.88. The Morgan fingerprint density at radius 1 is 1.20 bits per heavy atom. The summed E-state index contributed by atoms with van der Waals surface area (Å²) in [7, 11) is 0. The molecule has 0 atom stereocenters. The molecule has 0 spiro atoms. The summed E-state index contributed by atoms with van der Waals surface area (Å²) in [5.74, 6) is 0. The molecule has 0 aliphatic carbocycles. The van der Waals surface area contributed by atoms with E-state index in [4.69, 9.17) is 0 Å². The van der Waals surface area contributed by atoms with E-state index in [9.17, 15) is 0 Å². The molecule has 1 aromatic carbocycles. The fourth-order valence-electron chi connectivity index (χ4n) is 1.48. The normalized spacial score (nSPS) is 11.7. The van der Waals surface area contributed by atoms with Gasteiger partial charge in [0.05, 0.1) is 0 Å². The van der Waals surface area contributed by atoms with Crippen molar-refractivity contribution in [2.75, 3.05) is 6.54 Å². The average molecular weight is 203 g/mol. The summed E-state index contributed by atoms with van der Waals surface area (Å²) >= 11 is 0. The highest BCUT2D eigenvalue weighted by atomic mass is 14.7.